The second-order valence-electron chi connectivity index (χ2n) is 8.64. The van der Waals surface area contributed by atoms with E-state index in [1.165, 1.54) is 12.3 Å². The molecule has 178 valence electrons. The number of fused-ring (bicyclic) bond motifs is 1. The first-order valence-electron chi connectivity index (χ1n) is 11.6. The zero-order valence-electron chi connectivity index (χ0n) is 19.3. The summed E-state index contributed by atoms with van der Waals surface area (Å²) in [5, 5.41) is 12.2. The van der Waals surface area contributed by atoms with Gasteiger partial charge in [-0.25, -0.2) is 4.39 Å². The van der Waals surface area contributed by atoms with E-state index in [1.54, 1.807) is 12.3 Å². The monoisotopic (exact) mass is 464 g/mol. The van der Waals surface area contributed by atoms with Gasteiger partial charge in [-0.2, -0.15) is 5.10 Å². The number of amides is 2. The molecule has 4 rings (SSSR count). The summed E-state index contributed by atoms with van der Waals surface area (Å²) in [5.74, 6) is -0.364. The average molecular weight is 465 g/mol. The van der Waals surface area contributed by atoms with Crippen LogP contribution >= 0.6 is 0 Å². The predicted octanol–water partition coefficient (Wildman–Crippen LogP) is 4.69. The molecule has 0 saturated carbocycles. The molecule has 2 heterocycles. The van der Waals surface area contributed by atoms with Crippen LogP contribution < -0.4 is 15.4 Å². The van der Waals surface area contributed by atoms with Gasteiger partial charge in [0.1, 0.15) is 18.5 Å². The van der Waals surface area contributed by atoms with E-state index in [0.717, 1.165) is 18.4 Å². The van der Waals surface area contributed by atoms with Crippen LogP contribution in [0.3, 0.4) is 0 Å². The van der Waals surface area contributed by atoms with Crippen molar-refractivity contribution in [2.45, 2.75) is 38.7 Å². The van der Waals surface area contributed by atoms with Crippen molar-refractivity contribution in [2.75, 3.05) is 18.5 Å². The Morgan fingerprint density at radius 2 is 2.00 bits per heavy atom. The molecule has 0 radical (unpaired) electrons. The Bertz CT molecular complexity index is 1130. The molecule has 3 aromatic rings. The van der Waals surface area contributed by atoms with Crippen LogP contribution in [0.5, 0.6) is 5.75 Å². The van der Waals surface area contributed by atoms with Gasteiger partial charge < -0.3 is 15.4 Å². The van der Waals surface area contributed by atoms with Gasteiger partial charge in [0.05, 0.1) is 23.4 Å². The molecule has 3 atom stereocenters. The number of H-pyrrole nitrogens is 1. The molecule has 0 spiro atoms. The number of carbonyl (C=O) groups excluding carboxylic acids is 2. The molecule has 1 aliphatic rings. The first-order chi connectivity index (χ1) is 16.5. The Morgan fingerprint density at radius 3 is 2.68 bits per heavy atom. The van der Waals surface area contributed by atoms with Crippen LogP contribution in [-0.2, 0) is 0 Å². The maximum atomic E-state index is 14.1. The summed E-state index contributed by atoms with van der Waals surface area (Å²) in [5.41, 5.74) is 2.51. The highest BCUT2D eigenvalue weighted by molar-refractivity contribution is 6.07. The number of hydrogen-bond donors (Lipinski definition) is 3. The quantitative estimate of drug-likeness (QED) is 0.428. The van der Waals surface area contributed by atoms with Crippen molar-refractivity contribution in [3.63, 3.8) is 0 Å². The maximum Gasteiger partial charge on any atom is 0.255 e. The highest BCUT2D eigenvalue weighted by Crippen LogP contribution is 2.45. The number of aromatic nitrogens is 2. The smallest absolute Gasteiger partial charge is 0.255 e. The summed E-state index contributed by atoms with van der Waals surface area (Å²) >= 11 is 0. The summed E-state index contributed by atoms with van der Waals surface area (Å²) in [6.45, 7) is 4.02. The Kier molecular flexibility index (Phi) is 7.25. The van der Waals surface area contributed by atoms with Gasteiger partial charge in [-0.15, -0.1) is 0 Å². The van der Waals surface area contributed by atoms with Crippen LogP contribution in [0.2, 0.25) is 0 Å². The summed E-state index contributed by atoms with van der Waals surface area (Å²) in [6, 6.07) is 12.6. The Hall–Kier alpha value is -3.68. The number of rotatable bonds is 9. The van der Waals surface area contributed by atoms with Crippen LogP contribution in [0.1, 0.15) is 64.4 Å². The van der Waals surface area contributed by atoms with Gasteiger partial charge in [0, 0.05) is 23.9 Å². The number of ether oxygens (including phenoxy) is 1. The molecule has 1 unspecified atom stereocenters. The Balaban J connectivity index is 1.72. The first-order valence-corrected chi connectivity index (χ1v) is 11.6. The number of aromatic amines is 1. The van der Waals surface area contributed by atoms with Crippen molar-refractivity contribution in [3.05, 3.63) is 77.1 Å². The minimum absolute atomic E-state index is 0.232. The predicted molar refractivity (Wildman–Crippen MR) is 128 cm³/mol. The molecule has 34 heavy (non-hydrogen) atoms. The van der Waals surface area contributed by atoms with Gasteiger partial charge in [-0.05, 0) is 30.0 Å². The number of alkyl halides is 1. The van der Waals surface area contributed by atoms with Crippen molar-refractivity contribution in [1.82, 2.24) is 15.5 Å². The third-order valence-electron chi connectivity index (χ3n) is 6.29. The maximum absolute atomic E-state index is 14.1. The van der Waals surface area contributed by atoms with Gasteiger partial charge in [0.15, 0.2) is 0 Å². The van der Waals surface area contributed by atoms with Crippen LogP contribution in [-0.4, -0.2) is 41.3 Å². The molecule has 3 N–H and O–H groups in total. The van der Waals surface area contributed by atoms with Gasteiger partial charge >= 0.3 is 0 Å². The molecule has 2 aromatic carbocycles. The van der Waals surface area contributed by atoms with Crippen molar-refractivity contribution >= 4 is 17.5 Å². The summed E-state index contributed by atoms with van der Waals surface area (Å²) in [7, 11) is 0. The number of anilines is 1. The minimum Gasteiger partial charge on any atom is -0.486 e. The van der Waals surface area contributed by atoms with Gasteiger partial charge in [-0.1, -0.05) is 50.6 Å². The lowest BCUT2D eigenvalue weighted by molar-refractivity contribution is 0.0944. The SMILES string of the molecule is CCC(C)CCNC(=O)c1cc(C(=O)Nc2cn[nH]c2)cc2c1O[C@H](CF)[C@H]2c1ccccc1. The Labute approximate surface area is 198 Å². The average Bonchev–Trinajstić information content (AvgIpc) is 3.50. The Morgan fingerprint density at radius 1 is 1.21 bits per heavy atom. The van der Waals surface area contributed by atoms with E-state index in [1.807, 2.05) is 30.3 Å². The fourth-order valence-electron chi connectivity index (χ4n) is 4.16. The van der Waals surface area contributed by atoms with E-state index in [9.17, 15) is 14.0 Å². The zero-order chi connectivity index (χ0) is 24.1. The normalized spacial score (nSPS) is 17.5. The topological polar surface area (TPSA) is 96.1 Å². The minimum atomic E-state index is -0.781. The van der Waals surface area contributed by atoms with Gasteiger partial charge in [0.25, 0.3) is 11.8 Å². The van der Waals surface area contributed by atoms with Crippen LogP contribution in [0.15, 0.2) is 54.9 Å². The molecule has 0 bridgehead atoms. The van der Waals surface area contributed by atoms with Gasteiger partial charge in [-0.3, -0.25) is 14.7 Å². The van der Waals surface area contributed by atoms with Crippen molar-refractivity contribution in [3.8, 4) is 5.75 Å². The molecular formula is C26H29FN4O3. The highest BCUT2D eigenvalue weighted by Gasteiger charge is 2.39. The molecule has 0 fully saturated rings. The van der Waals surface area contributed by atoms with Crippen molar-refractivity contribution < 1.29 is 18.7 Å². The summed E-state index contributed by atoms with van der Waals surface area (Å²) < 4.78 is 20.0. The van der Waals surface area contributed by atoms with Crippen molar-refractivity contribution in [1.29, 1.82) is 0 Å². The lowest BCUT2D eigenvalue weighted by Gasteiger charge is -2.16. The number of nitrogens with one attached hydrogen (secondary N) is 3. The number of carbonyl (C=O) groups is 2. The summed E-state index contributed by atoms with van der Waals surface area (Å²) in [6.07, 6.45) is 4.13. The molecule has 0 aliphatic carbocycles. The zero-order valence-corrected chi connectivity index (χ0v) is 19.3. The van der Waals surface area contributed by atoms with E-state index in [2.05, 4.69) is 34.7 Å². The van der Waals surface area contributed by atoms with Crippen molar-refractivity contribution in [2.24, 2.45) is 5.92 Å². The molecule has 2 amide bonds. The highest BCUT2D eigenvalue weighted by atomic mass is 19.1. The lowest BCUT2D eigenvalue weighted by Crippen LogP contribution is -2.27. The molecule has 0 saturated heterocycles. The third-order valence-corrected chi connectivity index (χ3v) is 6.29. The number of nitrogens with zero attached hydrogens (tertiary/aromatic N) is 1. The van der Waals surface area contributed by atoms with E-state index in [-0.39, 0.29) is 17.0 Å². The largest absolute Gasteiger partial charge is 0.486 e. The van der Waals surface area contributed by atoms with Crippen LogP contribution in [0.4, 0.5) is 10.1 Å². The van der Waals surface area contributed by atoms with Crippen LogP contribution in [0, 0.1) is 5.92 Å². The van der Waals surface area contributed by atoms with E-state index >= 15 is 0 Å². The molecular weight excluding hydrogens is 435 g/mol. The molecule has 1 aromatic heterocycles. The molecule has 8 heteroatoms. The standard InChI is InChI=1S/C26H29FN4O3/c1-3-16(2)9-10-28-26(33)21-12-18(25(32)31-19-14-29-30-15-19)11-20-23(17-7-5-4-6-8-17)22(13-27)34-24(20)21/h4-8,11-12,14-16,22-23H,3,9-10,13H2,1-2H3,(H,28,33)(H,29,30)(H,31,32)/t16?,22-,23+/m1/s1. The lowest BCUT2D eigenvalue weighted by atomic mass is 9.86. The van der Waals surface area contributed by atoms with E-state index in [4.69, 9.17) is 4.74 Å². The van der Waals surface area contributed by atoms with E-state index in [0.29, 0.717) is 29.5 Å². The van der Waals surface area contributed by atoms with Crippen LogP contribution in [0.25, 0.3) is 0 Å². The number of benzene rings is 2. The molecule has 7 nitrogen and oxygen atoms in total. The fraction of sp³-hybridized carbons (Fsp3) is 0.346. The third kappa shape index (κ3) is 4.95. The number of halogens is 1. The first kappa shape index (κ1) is 23.5. The van der Waals surface area contributed by atoms with Gasteiger partial charge in [0.2, 0.25) is 0 Å². The second kappa shape index (κ2) is 10.5. The number of hydrogen-bond acceptors (Lipinski definition) is 4. The van der Waals surface area contributed by atoms with E-state index < -0.39 is 24.6 Å². The second-order valence-corrected chi connectivity index (χ2v) is 8.64. The summed E-state index contributed by atoms with van der Waals surface area (Å²) in [4.78, 5) is 26.2. The molecule has 1 aliphatic heterocycles. The fourth-order valence-corrected chi connectivity index (χ4v) is 4.16.